The number of rotatable bonds is 6. The van der Waals surface area contributed by atoms with Gasteiger partial charge in [0.2, 0.25) is 0 Å². The van der Waals surface area contributed by atoms with Gasteiger partial charge in [-0.3, -0.25) is 0 Å². The average Bonchev–Trinajstić information content (AvgIpc) is 2.93. The standard InChI is InChI=1S/C15H25N3O/c1-3-7-16-12(2)13-6-8-17-15(10-13)18-9-4-5-14(18)11-19/h6,8,10,12,14,16,19H,3-5,7,9,11H2,1-2H3. The normalized spacial score (nSPS) is 20.8. The van der Waals surface area contributed by atoms with E-state index in [0.717, 1.165) is 38.2 Å². The number of nitrogens with one attached hydrogen (secondary N) is 1. The number of aliphatic hydroxyl groups is 1. The fourth-order valence-corrected chi connectivity index (χ4v) is 2.67. The van der Waals surface area contributed by atoms with Crippen molar-refractivity contribution in [2.24, 2.45) is 0 Å². The van der Waals surface area contributed by atoms with Gasteiger partial charge in [0, 0.05) is 18.8 Å². The Kier molecular flexibility index (Phi) is 5.16. The largest absolute Gasteiger partial charge is 0.394 e. The Morgan fingerprint density at radius 1 is 1.58 bits per heavy atom. The van der Waals surface area contributed by atoms with Crippen molar-refractivity contribution >= 4 is 5.82 Å². The van der Waals surface area contributed by atoms with Crippen LogP contribution in [-0.2, 0) is 0 Å². The second-order valence-corrected chi connectivity index (χ2v) is 5.30. The highest BCUT2D eigenvalue weighted by molar-refractivity contribution is 5.44. The zero-order valence-electron chi connectivity index (χ0n) is 12.0. The van der Waals surface area contributed by atoms with E-state index in [0.29, 0.717) is 6.04 Å². The van der Waals surface area contributed by atoms with E-state index in [4.69, 9.17) is 0 Å². The SMILES string of the molecule is CCCNC(C)c1ccnc(N2CCCC2CO)c1. The molecule has 0 aliphatic carbocycles. The van der Waals surface area contributed by atoms with Crippen LogP contribution in [0.15, 0.2) is 18.3 Å². The van der Waals surface area contributed by atoms with Gasteiger partial charge in [-0.05, 0) is 50.4 Å². The van der Waals surface area contributed by atoms with Crippen molar-refractivity contribution in [2.45, 2.75) is 45.2 Å². The molecule has 1 aromatic heterocycles. The fraction of sp³-hybridized carbons (Fsp3) is 0.667. The minimum absolute atomic E-state index is 0.218. The molecule has 0 amide bonds. The summed E-state index contributed by atoms with van der Waals surface area (Å²) in [5, 5.41) is 12.9. The van der Waals surface area contributed by atoms with Crippen molar-refractivity contribution in [2.75, 3.05) is 24.6 Å². The van der Waals surface area contributed by atoms with Crippen LogP contribution in [0.4, 0.5) is 5.82 Å². The predicted molar refractivity (Wildman–Crippen MR) is 78.4 cm³/mol. The van der Waals surface area contributed by atoms with Crippen molar-refractivity contribution in [1.82, 2.24) is 10.3 Å². The van der Waals surface area contributed by atoms with Crippen LogP contribution in [0.5, 0.6) is 0 Å². The molecule has 1 fully saturated rings. The first-order valence-corrected chi connectivity index (χ1v) is 7.33. The van der Waals surface area contributed by atoms with Crippen molar-refractivity contribution in [3.05, 3.63) is 23.9 Å². The summed E-state index contributed by atoms with van der Waals surface area (Å²) in [6.07, 6.45) is 5.22. The zero-order valence-corrected chi connectivity index (χ0v) is 12.0. The lowest BCUT2D eigenvalue weighted by atomic mass is 10.1. The second-order valence-electron chi connectivity index (χ2n) is 5.30. The first-order chi connectivity index (χ1) is 9.26. The maximum atomic E-state index is 9.41. The molecule has 19 heavy (non-hydrogen) atoms. The van der Waals surface area contributed by atoms with Crippen molar-refractivity contribution in [1.29, 1.82) is 0 Å². The number of hydrogen-bond donors (Lipinski definition) is 2. The summed E-state index contributed by atoms with van der Waals surface area (Å²) >= 11 is 0. The minimum Gasteiger partial charge on any atom is -0.394 e. The molecule has 4 heteroatoms. The summed E-state index contributed by atoms with van der Waals surface area (Å²) in [7, 11) is 0. The molecule has 2 heterocycles. The summed E-state index contributed by atoms with van der Waals surface area (Å²) in [4.78, 5) is 6.70. The van der Waals surface area contributed by atoms with Crippen LogP contribution in [0.25, 0.3) is 0 Å². The Bertz CT molecular complexity index is 397. The number of nitrogens with zero attached hydrogens (tertiary/aromatic N) is 2. The van der Waals surface area contributed by atoms with E-state index >= 15 is 0 Å². The third-order valence-corrected chi connectivity index (χ3v) is 3.85. The van der Waals surface area contributed by atoms with Gasteiger partial charge < -0.3 is 15.3 Å². The van der Waals surface area contributed by atoms with E-state index < -0.39 is 0 Å². The lowest BCUT2D eigenvalue weighted by molar-refractivity contribution is 0.266. The van der Waals surface area contributed by atoms with Gasteiger partial charge in [0.05, 0.1) is 12.6 Å². The highest BCUT2D eigenvalue weighted by atomic mass is 16.3. The first-order valence-electron chi connectivity index (χ1n) is 7.33. The number of hydrogen-bond acceptors (Lipinski definition) is 4. The van der Waals surface area contributed by atoms with E-state index in [1.54, 1.807) is 0 Å². The van der Waals surface area contributed by atoms with Gasteiger partial charge in [-0.2, -0.15) is 0 Å². The monoisotopic (exact) mass is 263 g/mol. The Labute approximate surface area is 115 Å². The van der Waals surface area contributed by atoms with Crippen LogP contribution in [0.3, 0.4) is 0 Å². The number of pyridine rings is 1. The molecule has 2 unspecified atom stereocenters. The summed E-state index contributed by atoms with van der Waals surface area (Å²) < 4.78 is 0. The number of aliphatic hydroxyl groups excluding tert-OH is 1. The average molecular weight is 263 g/mol. The molecule has 2 atom stereocenters. The van der Waals surface area contributed by atoms with E-state index in [1.165, 1.54) is 5.56 Å². The molecule has 0 saturated carbocycles. The molecule has 0 bridgehead atoms. The van der Waals surface area contributed by atoms with Gasteiger partial charge in [-0.25, -0.2) is 4.98 Å². The van der Waals surface area contributed by atoms with Crippen LogP contribution in [0.1, 0.15) is 44.7 Å². The van der Waals surface area contributed by atoms with Crippen molar-refractivity contribution in [3.8, 4) is 0 Å². The molecule has 1 aliphatic heterocycles. The topological polar surface area (TPSA) is 48.4 Å². The van der Waals surface area contributed by atoms with E-state index in [9.17, 15) is 5.11 Å². The summed E-state index contributed by atoms with van der Waals surface area (Å²) in [5.41, 5.74) is 1.27. The first kappa shape index (κ1) is 14.3. The highest BCUT2D eigenvalue weighted by Gasteiger charge is 2.25. The Morgan fingerprint density at radius 3 is 3.16 bits per heavy atom. The quantitative estimate of drug-likeness (QED) is 0.825. The Balaban J connectivity index is 2.10. The Hall–Kier alpha value is -1.13. The third-order valence-electron chi connectivity index (χ3n) is 3.85. The lowest BCUT2D eigenvalue weighted by Crippen LogP contribution is -2.32. The Morgan fingerprint density at radius 2 is 2.42 bits per heavy atom. The molecule has 4 nitrogen and oxygen atoms in total. The maximum Gasteiger partial charge on any atom is 0.129 e. The lowest BCUT2D eigenvalue weighted by Gasteiger charge is -2.25. The minimum atomic E-state index is 0.218. The summed E-state index contributed by atoms with van der Waals surface area (Å²) in [5.74, 6) is 0.999. The van der Waals surface area contributed by atoms with Crippen LogP contribution >= 0.6 is 0 Å². The molecule has 0 spiro atoms. The van der Waals surface area contributed by atoms with Crippen LogP contribution in [-0.4, -0.2) is 35.8 Å². The smallest absolute Gasteiger partial charge is 0.129 e. The van der Waals surface area contributed by atoms with Gasteiger partial charge in [-0.15, -0.1) is 0 Å². The van der Waals surface area contributed by atoms with Gasteiger partial charge in [0.1, 0.15) is 5.82 Å². The molecule has 0 radical (unpaired) electrons. The number of anilines is 1. The molecule has 2 N–H and O–H groups in total. The molecule has 1 aliphatic rings. The third kappa shape index (κ3) is 3.45. The highest BCUT2D eigenvalue weighted by Crippen LogP contribution is 2.25. The molecule has 1 aromatic rings. The maximum absolute atomic E-state index is 9.41. The van der Waals surface area contributed by atoms with E-state index in [1.807, 2.05) is 6.20 Å². The predicted octanol–water partition coefficient (Wildman–Crippen LogP) is 2.10. The van der Waals surface area contributed by atoms with Gasteiger partial charge in [0.25, 0.3) is 0 Å². The fourth-order valence-electron chi connectivity index (χ4n) is 2.67. The van der Waals surface area contributed by atoms with E-state index in [-0.39, 0.29) is 12.6 Å². The van der Waals surface area contributed by atoms with Gasteiger partial charge in [0.15, 0.2) is 0 Å². The molecule has 1 saturated heterocycles. The van der Waals surface area contributed by atoms with Crippen LogP contribution < -0.4 is 10.2 Å². The second kappa shape index (κ2) is 6.87. The molecule has 106 valence electrons. The molecular weight excluding hydrogens is 238 g/mol. The van der Waals surface area contributed by atoms with Gasteiger partial charge in [-0.1, -0.05) is 6.92 Å². The molecule has 0 aromatic carbocycles. The zero-order chi connectivity index (χ0) is 13.7. The van der Waals surface area contributed by atoms with Crippen LogP contribution in [0, 0.1) is 0 Å². The van der Waals surface area contributed by atoms with Crippen LogP contribution in [0.2, 0.25) is 0 Å². The molecule has 2 rings (SSSR count). The van der Waals surface area contributed by atoms with E-state index in [2.05, 4.69) is 41.2 Å². The summed E-state index contributed by atoms with van der Waals surface area (Å²) in [6, 6.07) is 4.81. The van der Waals surface area contributed by atoms with Crippen molar-refractivity contribution in [3.63, 3.8) is 0 Å². The van der Waals surface area contributed by atoms with Gasteiger partial charge >= 0.3 is 0 Å². The van der Waals surface area contributed by atoms with Crippen molar-refractivity contribution < 1.29 is 5.11 Å². The number of aromatic nitrogens is 1. The molecular formula is C15H25N3O. The summed E-state index contributed by atoms with van der Waals surface area (Å²) in [6.45, 7) is 6.60.